The van der Waals surface area contributed by atoms with E-state index in [0.717, 1.165) is 34.4 Å². The molecule has 1 saturated carbocycles. The van der Waals surface area contributed by atoms with Crippen LogP contribution in [-0.4, -0.2) is 35.0 Å². The molecule has 0 heterocycles. The maximum atomic E-state index is 12.6. The molecule has 1 aliphatic rings. The summed E-state index contributed by atoms with van der Waals surface area (Å²) in [5, 5.41) is 3.16. The number of halogens is 1. The number of thioether (sulfide) groups is 1. The zero-order chi connectivity index (χ0) is 19.9. The third-order valence-electron chi connectivity index (χ3n) is 5.59. The standard InChI is InChI=1S/C23H29AsNO2S.ClH/c1-24-20-9-4-17(5-10-20)23(26)25-15-19-14-18(8-13-22(19)27-2)16-6-11-21(28-3)12-7-16;/h6-8,11-14,17,20H,4-5,9-10,15H2,1-3H3,(H,25,26);1H. The first-order valence-corrected chi connectivity index (χ1v) is 14.0. The molecule has 1 amide bonds. The number of hydrogen-bond donors (Lipinski definition) is 1. The van der Waals surface area contributed by atoms with Crippen LogP contribution in [0, 0.1) is 5.92 Å². The molecule has 1 radical (unpaired) electrons. The van der Waals surface area contributed by atoms with Crippen molar-refractivity contribution < 1.29 is 9.53 Å². The summed E-state index contributed by atoms with van der Waals surface area (Å²) in [7, 11) is 1.68. The van der Waals surface area contributed by atoms with Crippen LogP contribution in [0.25, 0.3) is 11.1 Å². The van der Waals surface area contributed by atoms with Crippen LogP contribution in [0.3, 0.4) is 0 Å². The Morgan fingerprint density at radius 1 is 1.10 bits per heavy atom. The minimum atomic E-state index is 0. The largest absolute Gasteiger partial charge is 0.147 e. The fourth-order valence-corrected chi connectivity index (χ4v) is 5.92. The van der Waals surface area contributed by atoms with Gasteiger partial charge in [-0.15, -0.1) is 24.2 Å². The van der Waals surface area contributed by atoms with E-state index in [-0.39, 0.29) is 24.2 Å². The first kappa shape index (κ1) is 24.2. The Morgan fingerprint density at radius 2 is 1.76 bits per heavy atom. The number of carbonyl (C=O) groups is 1. The first-order valence-electron chi connectivity index (χ1n) is 9.82. The van der Waals surface area contributed by atoms with Gasteiger partial charge in [-0.1, -0.05) is 0 Å². The molecule has 6 heteroatoms. The van der Waals surface area contributed by atoms with Gasteiger partial charge in [0.15, 0.2) is 0 Å². The van der Waals surface area contributed by atoms with Gasteiger partial charge in [0.05, 0.1) is 0 Å². The van der Waals surface area contributed by atoms with Gasteiger partial charge in [-0.2, -0.15) is 0 Å². The van der Waals surface area contributed by atoms with Crippen molar-refractivity contribution in [2.45, 2.75) is 47.5 Å². The molecule has 1 fully saturated rings. The summed E-state index contributed by atoms with van der Waals surface area (Å²) in [5.74, 6) is 1.20. The van der Waals surface area contributed by atoms with Gasteiger partial charge in [0.2, 0.25) is 0 Å². The summed E-state index contributed by atoms with van der Waals surface area (Å²) < 4.78 is 6.43. The molecular weight excluding hydrogens is 465 g/mol. The van der Waals surface area contributed by atoms with E-state index in [0.29, 0.717) is 22.3 Å². The van der Waals surface area contributed by atoms with Crippen molar-refractivity contribution >= 4 is 45.8 Å². The summed E-state index contributed by atoms with van der Waals surface area (Å²) in [6.07, 6.45) is 6.61. The van der Waals surface area contributed by atoms with Crippen LogP contribution >= 0.6 is 24.2 Å². The minimum absolute atomic E-state index is 0. The summed E-state index contributed by atoms with van der Waals surface area (Å²) >= 11 is 2.19. The Balaban J connectivity index is 0.00000300. The number of carbonyl (C=O) groups excluding carboxylic acids is 1. The van der Waals surface area contributed by atoms with Gasteiger partial charge in [-0.25, -0.2) is 0 Å². The molecular formula is C23H30AsClNO2S. The average Bonchev–Trinajstić information content (AvgIpc) is 2.77. The van der Waals surface area contributed by atoms with Crippen molar-refractivity contribution in [3.8, 4) is 16.9 Å². The normalized spacial score (nSPS) is 19.0. The van der Waals surface area contributed by atoms with Crippen LogP contribution in [-0.2, 0) is 11.3 Å². The van der Waals surface area contributed by atoms with Crippen molar-refractivity contribution in [3.63, 3.8) is 0 Å². The molecule has 0 spiro atoms. The minimum Gasteiger partial charge on any atom is -0.147 e. The van der Waals surface area contributed by atoms with Crippen molar-refractivity contribution in [2.75, 3.05) is 13.4 Å². The van der Waals surface area contributed by atoms with E-state index in [9.17, 15) is 4.79 Å². The second-order valence-electron chi connectivity index (χ2n) is 7.24. The smallest absolute Gasteiger partial charge is 0.147 e. The quantitative estimate of drug-likeness (QED) is 0.387. The van der Waals surface area contributed by atoms with Gasteiger partial charge in [0, 0.05) is 4.90 Å². The molecule has 157 valence electrons. The molecule has 0 atom stereocenters. The maximum Gasteiger partial charge on any atom is -0.147 e. The number of benzene rings is 2. The van der Waals surface area contributed by atoms with E-state index in [1.807, 2.05) is 6.07 Å². The third kappa shape index (κ3) is 6.44. The molecule has 29 heavy (non-hydrogen) atoms. The SMILES string of the molecule is COc1ccc(-c2ccc(SC)cc2)cc1CNC(=O)C1CCC([As]C)CC1.Cl. The van der Waals surface area contributed by atoms with Gasteiger partial charge in [-0.3, -0.25) is 0 Å². The zero-order valence-electron chi connectivity index (χ0n) is 17.3. The molecule has 3 rings (SSSR count). The van der Waals surface area contributed by atoms with Crippen molar-refractivity contribution in [1.29, 1.82) is 0 Å². The van der Waals surface area contributed by atoms with Crippen molar-refractivity contribution in [1.82, 2.24) is 5.32 Å². The molecule has 2 aromatic rings. The molecule has 0 aliphatic heterocycles. The van der Waals surface area contributed by atoms with Crippen molar-refractivity contribution in [2.24, 2.45) is 5.92 Å². The van der Waals surface area contributed by atoms with Crippen LogP contribution in [0.5, 0.6) is 5.75 Å². The predicted octanol–water partition coefficient (Wildman–Crippen LogP) is 5.85. The monoisotopic (exact) mass is 494 g/mol. The summed E-state index contributed by atoms with van der Waals surface area (Å²) in [4.78, 5) is 13.9. The topological polar surface area (TPSA) is 38.3 Å². The second-order valence-corrected chi connectivity index (χ2v) is 10.7. The predicted molar refractivity (Wildman–Crippen MR) is 127 cm³/mol. The van der Waals surface area contributed by atoms with E-state index < -0.39 is 0 Å². The van der Waals surface area contributed by atoms with Gasteiger partial charge in [0.25, 0.3) is 0 Å². The molecule has 0 saturated heterocycles. The Hall–Kier alpha value is -1.09. The summed E-state index contributed by atoms with van der Waals surface area (Å²) in [6.45, 7) is 0.512. The molecule has 1 aliphatic carbocycles. The second kappa shape index (κ2) is 11.9. The van der Waals surface area contributed by atoms with Crippen LogP contribution in [0.4, 0.5) is 0 Å². The van der Waals surface area contributed by atoms with Gasteiger partial charge in [0.1, 0.15) is 0 Å². The van der Waals surface area contributed by atoms with Crippen LogP contribution in [0.15, 0.2) is 47.4 Å². The molecule has 1 N–H and O–H groups in total. The number of rotatable bonds is 7. The van der Waals surface area contributed by atoms with Gasteiger partial charge >= 0.3 is 145 Å². The summed E-state index contributed by atoms with van der Waals surface area (Å²) in [6, 6.07) is 14.8. The zero-order valence-corrected chi connectivity index (χ0v) is 20.8. The fraction of sp³-hybridized carbons (Fsp3) is 0.435. The fourth-order valence-electron chi connectivity index (χ4n) is 3.80. The molecule has 3 nitrogen and oxygen atoms in total. The van der Waals surface area contributed by atoms with E-state index in [1.54, 1.807) is 18.9 Å². The van der Waals surface area contributed by atoms with Gasteiger partial charge in [-0.05, 0) is 18.4 Å². The van der Waals surface area contributed by atoms with E-state index in [4.69, 9.17) is 4.74 Å². The number of methoxy groups -OCH3 is 1. The first-order chi connectivity index (χ1) is 13.6. The third-order valence-corrected chi connectivity index (χ3v) is 8.95. The maximum absolute atomic E-state index is 12.6. The number of amides is 1. The Kier molecular flexibility index (Phi) is 9.95. The van der Waals surface area contributed by atoms with Crippen LogP contribution in [0.1, 0.15) is 31.2 Å². The van der Waals surface area contributed by atoms with Crippen molar-refractivity contribution in [3.05, 3.63) is 48.0 Å². The summed E-state index contributed by atoms with van der Waals surface area (Å²) in [5.41, 5.74) is 5.68. The Bertz CT molecular complexity index is 792. The number of hydrogen-bond acceptors (Lipinski definition) is 3. The van der Waals surface area contributed by atoms with E-state index in [1.165, 1.54) is 23.3 Å². The van der Waals surface area contributed by atoms with E-state index >= 15 is 0 Å². The Labute approximate surface area is 191 Å². The van der Waals surface area contributed by atoms with E-state index in [2.05, 4.69) is 53.7 Å². The molecule has 0 unspecified atom stereocenters. The number of ether oxygens (including phenoxy) is 1. The Morgan fingerprint density at radius 3 is 2.34 bits per heavy atom. The molecule has 0 aromatic heterocycles. The average molecular weight is 495 g/mol. The van der Waals surface area contributed by atoms with Crippen LogP contribution < -0.4 is 10.1 Å². The number of nitrogens with one attached hydrogen (secondary N) is 1. The molecule has 0 bridgehead atoms. The van der Waals surface area contributed by atoms with Crippen LogP contribution in [0.2, 0.25) is 10.4 Å². The van der Waals surface area contributed by atoms with Gasteiger partial charge < -0.3 is 0 Å². The molecule has 2 aromatic carbocycles.